The van der Waals surface area contributed by atoms with E-state index in [9.17, 15) is 0 Å². The molecular weight excluding hydrogens is 228 g/mol. The zero-order chi connectivity index (χ0) is 11.1. The molecule has 0 saturated carbocycles. The van der Waals surface area contributed by atoms with Crippen molar-refractivity contribution in [3.05, 3.63) is 24.2 Å². The van der Waals surface area contributed by atoms with Crippen LogP contribution in [0.3, 0.4) is 0 Å². The molecule has 0 fully saturated rings. The van der Waals surface area contributed by atoms with Crippen molar-refractivity contribution < 1.29 is 4.42 Å². The smallest absolute Gasteiger partial charge is 0.171 e. The topological polar surface area (TPSA) is 37.2 Å². The van der Waals surface area contributed by atoms with Crippen LogP contribution in [0.1, 0.15) is 25.5 Å². The fourth-order valence-electron chi connectivity index (χ4n) is 0.995. The van der Waals surface area contributed by atoms with Crippen LogP contribution in [0.15, 0.2) is 22.8 Å². The van der Waals surface area contributed by atoms with Gasteiger partial charge in [-0.15, -0.1) is 0 Å². The predicted octanol–water partition coefficient (Wildman–Crippen LogP) is 2.22. The van der Waals surface area contributed by atoms with Crippen LogP contribution in [0.4, 0.5) is 0 Å². The van der Waals surface area contributed by atoms with Crippen LogP contribution in [0.5, 0.6) is 0 Å². The first-order chi connectivity index (χ1) is 7.24. The summed E-state index contributed by atoms with van der Waals surface area (Å²) in [7, 11) is 0. The van der Waals surface area contributed by atoms with Crippen LogP contribution in [-0.2, 0) is 0 Å². The largest absolute Gasteiger partial charge is 0.462 e. The molecule has 1 aromatic rings. The third kappa shape index (κ3) is 4.40. The first-order valence-corrected chi connectivity index (χ1v) is 5.68. The Kier molecular flexibility index (Phi) is 5.28. The van der Waals surface area contributed by atoms with E-state index in [1.54, 1.807) is 18.4 Å². The van der Waals surface area contributed by atoms with E-state index in [2.05, 4.69) is 17.6 Å². The summed E-state index contributed by atoms with van der Waals surface area (Å²) in [5, 5.41) is 6.51. The van der Waals surface area contributed by atoms with Crippen molar-refractivity contribution in [2.45, 2.75) is 19.8 Å². The van der Waals surface area contributed by atoms with Crippen molar-refractivity contribution >= 4 is 34.5 Å². The number of hydrogen-bond donors (Lipinski definition) is 2. The molecule has 0 bridgehead atoms. The van der Waals surface area contributed by atoms with Gasteiger partial charge < -0.3 is 15.1 Å². The van der Waals surface area contributed by atoms with Gasteiger partial charge in [0.05, 0.1) is 6.26 Å². The van der Waals surface area contributed by atoms with Crippen molar-refractivity contribution in [3.8, 4) is 0 Å². The van der Waals surface area contributed by atoms with Gasteiger partial charge in [-0.1, -0.05) is 25.6 Å². The predicted molar refractivity (Wildman–Crippen MR) is 69.1 cm³/mol. The lowest BCUT2D eigenvalue weighted by Gasteiger charge is -2.09. The number of hydrogen-bond acceptors (Lipinski definition) is 3. The third-order valence-corrected chi connectivity index (χ3v) is 2.34. The van der Waals surface area contributed by atoms with Gasteiger partial charge in [0.15, 0.2) is 10.9 Å². The van der Waals surface area contributed by atoms with Gasteiger partial charge in [-0.2, -0.15) is 0 Å². The third-order valence-electron chi connectivity index (χ3n) is 1.79. The average molecular weight is 242 g/mol. The maximum Gasteiger partial charge on any atom is 0.171 e. The van der Waals surface area contributed by atoms with E-state index < -0.39 is 0 Å². The minimum atomic E-state index is 0.508. The van der Waals surface area contributed by atoms with Crippen molar-refractivity contribution in [3.63, 3.8) is 0 Å². The maximum atomic E-state index is 5.13. The molecule has 1 heterocycles. The fraction of sp³-hybridized carbons (Fsp3) is 0.400. The molecule has 0 aliphatic carbocycles. The molecule has 3 nitrogen and oxygen atoms in total. The molecule has 1 aromatic heterocycles. The molecular formula is C10H14N2OS2. The normalized spacial score (nSPS) is 9.67. The molecule has 0 aromatic carbocycles. The van der Waals surface area contributed by atoms with Gasteiger partial charge in [-0.25, -0.2) is 0 Å². The summed E-state index contributed by atoms with van der Waals surface area (Å²) in [6, 6.07) is 3.58. The van der Waals surface area contributed by atoms with E-state index in [1.807, 2.05) is 0 Å². The molecule has 0 spiro atoms. The Bertz CT molecular complexity index is 322. The van der Waals surface area contributed by atoms with Crippen LogP contribution in [-0.4, -0.2) is 16.6 Å². The van der Waals surface area contributed by atoms with E-state index >= 15 is 0 Å². The van der Waals surface area contributed by atoms with Gasteiger partial charge in [0.25, 0.3) is 0 Å². The number of unbranched alkanes of at least 4 members (excludes halogenated alkanes) is 1. The second kappa shape index (κ2) is 6.53. The summed E-state index contributed by atoms with van der Waals surface area (Å²) in [5.41, 5.74) is 0. The lowest BCUT2D eigenvalue weighted by molar-refractivity contribution is 0.557. The highest BCUT2D eigenvalue weighted by molar-refractivity contribution is 7.82. The van der Waals surface area contributed by atoms with Crippen LogP contribution < -0.4 is 10.6 Å². The average Bonchev–Trinajstić information content (AvgIpc) is 2.70. The van der Waals surface area contributed by atoms with Crippen molar-refractivity contribution in [1.82, 2.24) is 10.6 Å². The van der Waals surface area contributed by atoms with E-state index in [-0.39, 0.29) is 0 Å². The molecule has 5 heteroatoms. The second-order valence-corrected chi connectivity index (χ2v) is 3.86. The summed E-state index contributed by atoms with van der Waals surface area (Å²) in [5.74, 6) is 0.629. The summed E-state index contributed by atoms with van der Waals surface area (Å²) in [6.07, 6.45) is 3.81. The molecule has 0 aliphatic rings. The Morgan fingerprint density at radius 1 is 1.47 bits per heavy atom. The Morgan fingerprint density at radius 3 is 2.87 bits per heavy atom. The molecule has 0 atom stereocenters. The molecule has 0 aliphatic heterocycles. The second-order valence-electron chi connectivity index (χ2n) is 3.04. The van der Waals surface area contributed by atoms with Gasteiger partial charge in [-0.3, -0.25) is 0 Å². The fourth-order valence-corrected chi connectivity index (χ4v) is 1.48. The highest BCUT2D eigenvalue weighted by Crippen LogP contribution is 2.00. The van der Waals surface area contributed by atoms with Crippen molar-refractivity contribution in [2.75, 3.05) is 6.54 Å². The Balaban J connectivity index is 2.29. The molecule has 0 radical (unpaired) electrons. The SMILES string of the molecule is CCCCNC(=S)NC(=S)c1ccco1. The van der Waals surface area contributed by atoms with Crippen LogP contribution in [0, 0.1) is 0 Å². The molecule has 2 N–H and O–H groups in total. The summed E-state index contributed by atoms with van der Waals surface area (Å²) in [4.78, 5) is 0.508. The van der Waals surface area contributed by atoms with Gasteiger partial charge in [-0.05, 0) is 30.8 Å². The van der Waals surface area contributed by atoms with E-state index in [0.29, 0.717) is 15.9 Å². The standard InChI is InChI=1S/C10H14N2OS2/c1-2-3-6-11-10(15)12-9(14)8-5-4-7-13-8/h4-5,7H,2-3,6H2,1H3,(H2,11,12,14,15). The lowest BCUT2D eigenvalue weighted by atomic mass is 10.3. The minimum absolute atomic E-state index is 0.508. The molecule has 0 amide bonds. The highest BCUT2D eigenvalue weighted by Gasteiger charge is 2.04. The number of thiocarbonyl (C=S) groups is 2. The lowest BCUT2D eigenvalue weighted by Crippen LogP contribution is -2.38. The number of furan rings is 1. The summed E-state index contributed by atoms with van der Waals surface area (Å²) in [6.45, 7) is 2.99. The summed E-state index contributed by atoms with van der Waals surface area (Å²) < 4.78 is 5.13. The Hall–Kier alpha value is -0.940. The van der Waals surface area contributed by atoms with Crippen LogP contribution >= 0.6 is 24.4 Å². The molecule has 15 heavy (non-hydrogen) atoms. The maximum absolute atomic E-state index is 5.13. The first-order valence-electron chi connectivity index (χ1n) is 4.86. The number of nitrogens with one attached hydrogen (secondary N) is 2. The van der Waals surface area contributed by atoms with Gasteiger partial charge in [0.2, 0.25) is 0 Å². The van der Waals surface area contributed by atoms with Crippen molar-refractivity contribution in [2.24, 2.45) is 0 Å². The van der Waals surface area contributed by atoms with Crippen LogP contribution in [0.2, 0.25) is 0 Å². The Labute approximate surface area is 100 Å². The molecule has 1 rings (SSSR count). The monoisotopic (exact) mass is 242 g/mol. The zero-order valence-electron chi connectivity index (χ0n) is 8.58. The van der Waals surface area contributed by atoms with Gasteiger partial charge in [0.1, 0.15) is 4.99 Å². The highest BCUT2D eigenvalue weighted by atomic mass is 32.1. The minimum Gasteiger partial charge on any atom is -0.462 e. The molecule has 0 unspecified atom stereocenters. The summed E-state index contributed by atoms with van der Waals surface area (Å²) >= 11 is 10.2. The molecule has 82 valence electrons. The number of rotatable bonds is 4. The van der Waals surface area contributed by atoms with Crippen LogP contribution in [0.25, 0.3) is 0 Å². The zero-order valence-corrected chi connectivity index (χ0v) is 10.2. The Morgan fingerprint density at radius 2 is 2.27 bits per heavy atom. The molecule has 0 saturated heterocycles. The van der Waals surface area contributed by atoms with E-state index in [4.69, 9.17) is 28.9 Å². The van der Waals surface area contributed by atoms with E-state index in [0.717, 1.165) is 19.4 Å². The quantitative estimate of drug-likeness (QED) is 0.625. The van der Waals surface area contributed by atoms with Gasteiger partial charge in [0, 0.05) is 6.54 Å². The van der Waals surface area contributed by atoms with Gasteiger partial charge >= 0.3 is 0 Å². The first kappa shape index (κ1) is 12.1. The van der Waals surface area contributed by atoms with Crippen molar-refractivity contribution in [1.29, 1.82) is 0 Å². The van der Waals surface area contributed by atoms with E-state index in [1.165, 1.54) is 0 Å².